The average molecular weight is 353 g/mol. The number of aryl methyl sites for hydroxylation is 1. The molecule has 138 valence electrons. The summed E-state index contributed by atoms with van der Waals surface area (Å²) in [5, 5.41) is 3.48. The van der Waals surface area contributed by atoms with Crippen LogP contribution < -0.4 is 11.1 Å². The van der Waals surface area contributed by atoms with Gasteiger partial charge in [0.1, 0.15) is 18.0 Å². The highest BCUT2D eigenvalue weighted by atomic mass is 16.5. The van der Waals surface area contributed by atoms with Gasteiger partial charge >= 0.3 is 0 Å². The standard InChI is InChI=1S/C20H27N5O/c1-14-4-3-5-15(10-14)8-9-26-17-7-6-16(11-17)25-20-18(12-22-2)19(21)23-13-24-20/h3-5,10,12-13,16-17H,6-9,11H2,1-2H3,(H3,21,23,24,25)/t16-,17-/m0/s1. The molecule has 0 radical (unpaired) electrons. The van der Waals surface area contributed by atoms with Gasteiger partial charge in [-0.15, -0.1) is 0 Å². The quantitative estimate of drug-likeness (QED) is 0.747. The van der Waals surface area contributed by atoms with Gasteiger partial charge in [-0.3, -0.25) is 4.99 Å². The minimum absolute atomic E-state index is 0.291. The van der Waals surface area contributed by atoms with Crippen molar-refractivity contribution in [1.29, 1.82) is 0 Å². The zero-order valence-electron chi connectivity index (χ0n) is 15.5. The number of nitrogens with zero attached hydrogens (tertiary/aromatic N) is 3. The molecular weight excluding hydrogens is 326 g/mol. The van der Waals surface area contributed by atoms with Crippen LogP contribution in [0, 0.1) is 6.92 Å². The molecule has 1 aromatic heterocycles. The van der Waals surface area contributed by atoms with Gasteiger partial charge in [-0.25, -0.2) is 9.97 Å². The fraction of sp³-hybridized carbons (Fsp3) is 0.450. The van der Waals surface area contributed by atoms with Gasteiger partial charge in [-0.1, -0.05) is 29.8 Å². The first-order valence-corrected chi connectivity index (χ1v) is 9.12. The van der Waals surface area contributed by atoms with E-state index in [0.717, 1.165) is 43.7 Å². The van der Waals surface area contributed by atoms with Crippen LogP contribution in [0.1, 0.15) is 36.0 Å². The number of anilines is 2. The summed E-state index contributed by atoms with van der Waals surface area (Å²) in [5.41, 5.74) is 9.31. The predicted octanol–water partition coefficient (Wildman–Crippen LogP) is 3.01. The Hall–Kier alpha value is -2.47. The van der Waals surface area contributed by atoms with Gasteiger partial charge in [0.15, 0.2) is 0 Å². The number of benzene rings is 1. The second-order valence-corrected chi connectivity index (χ2v) is 6.79. The third-order valence-electron chi connectivity index (χ3n) is 4.73. The molecule has 3 N–H and O–H groups in total. The highest BCUT2D eigenvalue weighted by molar-refractivity contribution is 5.91. The molecule has 0 aliphatic heterocycles. The van der Waals surface area contributed by atoms with Crippen LogP contribution in [0.3, 0.4) is 0 Å². The summed E-state index contributed by atoms with van der Waals surface area (Å²) in [4.78, 5) is 12.4. The summed E-state index contributed by atoms with van der Waals surface area (Å²) in [6.45, 7) is 2.88. The van der Waals surface area contributed by atoms with Crippen molar-refractivity contribution in [3.63, 3.8) is 0 Å². The van der Waals surface area contributed by atoms with Crippen molar-refractivity contribution in [3.05, 3.63) is 47.3 Å². The lowest BCUT2D eigenvalue weighted by Gasteiger charge is -2.16. The SMILES string of the molecule is CN=Cc1c(N)ncnc1N[C@H]1CC[C@H](OCCc2cccc(C)c2)C1. The first kappa shape index (κ1) is 18.3. The fourth-order valence-corrected chi connectivity index (χ4v) is 3.41. The van der Waals surface area contributed by atoms with Crippen LogP contribution in [0.4, 0.5) is 11.6 Å². The minimum Gasteiger partial charge on any atom is -0.383 e. The first-order chi connectivity index (χ1) is 12.7. The molecule has 0 amide bonds. The highest BCUT2D eigenvalue weighted by Crippen LogP contribution is 2.26. The number of nitrogens with one attached hydrogen (secondary N) is 1. The number of rotatable bonds is 7. The van der Waals surface area contributed by atoms with Gasteiger partial charge < -0.3 is 15.8 Å². The van der Waals surface area contributed by atoms with E-state index in [4.69, 9.17) is 10.5 Å². The molecule has 2 atom stereocenters. The molecule has 0 saturated heterocycles. The van der Waals surface area contributed by atoms with Gasteiger partial charge in [0.25, 0.3) is 0 Å². The van der Waals surface area contributed by atoms with E-state index in [1.165, 1.54) is 17.5 Å². The number of ether oxygens (including phenoxy) is 1. The van der Waals surface area contributed by atoms with Crippen molar-refractivity contribution in [1.82, 2.24) is 9.97 Å². The number of hydrogen-bond acceptors (Lipinski definition) is 6. The summed E-state index contributed by atoms with van der Waals surface area (Å²) < 4.78 is 6.09. The molecule has 0 bridgehead atoms. The van der Waals surface area contributed by atoms with Crippen LogP contribution in [0.5, 0.6) is 0 Å². The molecule has 0 spiro atoms. The van der Waals surface area contributed by atoms with Crippen LogP contribution in [0.2, 0.25) is 0 Å². The topological polar surface area (TPSA) is 85.4 Å². The summed E-state index contributed by atoms with van der Waals surface area (Å²) in [6.07, 6.45) is 7.51. The number of aromatic nitrogens is 2. The molecule has 1 aromatic carbocycles. The van der Waals surface area contributed by atoms with E-state index >= 15 is 0 Å². The monoisotopic (exact) mass is 353 g/mol. The Balaban J connectivity index is 1.49. The molecule has 26 heavy (non-hydrogen) atoms. The molecule has 0 unspecified atom stereocenters. The molecule has 1 fully saturated rings. The lowest BCUT2D eigenvalue weighted by atomic mass is 10.1. The van der Waals surface area contributed by atoms with Crippen LogP contribution in [-0.2, 0) is 11.2 Å². The molecule has 2 aromatic rings. The first-order valence-electron chi connectivity index (χ1n) is 9.12. The second-order valence-electron chi connectivity index (χ2n) is 6.79. The highest BCUT2D eigenvalue weighted by Gasteiger charge is 2.26. The van der Waals surface area contributed by atoms with Crippen molar-refractivity contribution in [2.24, 2.45) is 4.99 Å². The Morgan fingerprint density at radius 3 is 3.04 bits per heavy atom. The minimum atomic E-state index is 0.291. The van der Waals surface area contributed by atoms with E-state index < -0.39 is 0 Å². The third kappa shape index (κ3) is 4.79. The van der Waals surface area contributed by atoms with E-state index in [9.17, 15) is 0 Å². The van der Waals surface area contributed by atoms with E-state index in [2.05, 4.69) is 51.5 Å². The molecule has 6 heteroatoms. The Morgan fingerprint density at radius 2 is 2.23 bits per heavy atom. The largest absolute Gasteiger partial charge is 0.383 e. The summed E-state index contributed by atoms with van der Waals surface area (Å²) in [6, 6.07) is 8.93. The Kier molecular flexibility index (Phi) is 6.17. The van der Waals surface area contributed by atoms with E-state index in [1.807, 2.05) is 0 Å². The van der Waals surface area contributed by atoms with Crippen LogP contribution in [-0.4, -0.2) is 42.0 Å². The van der Waals surface area contributed by atoms with Crippen LogP contribution >= 0.6 is 0 Å². The van der Waals surface area contributed by atoms with Crippen LogP contribution in [0.25, 0.3) is 0 Å². The Morgan fingerprint density at radius 1 is 1.35 bits per heavy atom. The maximum Gasteiger partial charge on any atom is 0.140 e. The smallest absolute Gasteiger partial charge is 0.140 e. The van der Waals surface area contributed by atoms with E-state index in [1.54, 1.807) is 13.3 Å². The molecule has 1 heterocycles. The van der Waals surface area contributed by atoms with Crippen molar-refractivity contribution < 1.29 is 4.74 Å². The summed E-state index contributed by atoms with van der Waals surface area (Å²) >= 11 is 0. The lowest BCUT2D eigenvalue weighted by Crippen LogP contribution is -2.20. The molecule has 3 rings (SSSR count). The lowest BCUT2D eigenvalue weighted by molar-refractivity contribution is 0.0601. The molecule has 6 nitrogen and oxygen atoms in total. The van der Waals surface area contributed by atoms with Crippen molar-refractivity contribution in [2.45, 2.75) is 44.8 Å². The zero-order chi connectivity index (χ0) is 18.4. The molecule has 1 saturated carbocycles. The predicted molar refractivity (Wildman–Crippen MR) is 106 cm³/mol. The van der Waals surface area contributed by atoms with Gasteiger partial charge in [-0.2, -0.15) is 0 Å². The number of hydrogen-bond donors (Lipinski definition) is 2. The van der Waals surface area contributed by atoms with Gasteiger partial charge in [0.2, 0.25) is 0 Å². The van der Waals surface area contributed by atoms with E-state index in [0.29, 0.717) is 18.0 Å². The number of aliphatic imine (C=N–C) groups is 1. The molecular formula is C20H27N5O. The van der Waals surface area contributed by atoms with E-state index in [-0.39, 0.29) is 0 Å². The van der Waals surface area contributed by atoms with Crippen molar-refractivity contribution in [2.75, 3.05) is 24.7 Å². The van der Waals surface area contributed by atoms with Gasteiger partial charge in [0, 0.05) is 19.3 Å². The normalized spacial score (nSPS) is 19.9. The zero-order valence-corrected chi connectivity index (χ0v) is 15.5. The van der Waals surface area contributed by atoms with Crippen LogP contribution in [0.15, 0.2) is 35.6 Å². The van der Waals surface area contributed by atoms with Gasteiger partial charge in [0.05, 0.1) is 18.3 Å². The maximum absolute atomic E-state index is 6.09. The Bertz CT molecular complexity index is 762. The third-order valence-corrected chi connectivity index (χ3v) is 4.73. The molecule has 1 aliphatic carbocycles. The Labute approximate surface area is 154 Å². The number of nitrogen functional groups attached to an aromatic ring is 1. The average Bonchev–Trinajstić information content (AvgIpc) is 3.05. The van der Waals surface area contributed by atoms with Crippen molar-refractivity contribution in [3.8, 4) is 0 Å². The van der Waals surface area contributed by atoms with Gasteiger partial charge in [-0.05, 0) is 38.2 Å². The summed E-state index contributed by atoms with van der Waals surface area (Å²) in [5.74, 6) is 1.19. The van der Waals surface area contributed by atoms with Crippen molar-refractivity contribution >= 4 is 17.9 Å². The second kappa shape index (κ2) is 8.76. The number of nitrogens with two attached hydrogens (primary N) is 1. The molecule has 1 aliphatic rings. The fourth-order valence-electron chi connectivity index (χ4n) is 3.41. The maximum atomic E-state index is 6.09. The summed E-state index contributed by atoms with van der Waals surface area (Å²) in [7, 11) is 1.71.